The highest BCUT2D eigenvalue weighted by Crippen LogP contribution is 2.71. The van der Waals surface area contributed by atoms with E-state index in [9.17, 15) is 57.0 Å². The summed E-state index contributed by atoms with van der Waals surface area (Å²) in [6.45, 7) is -1.77. The van der Waals surface area contributed by atoms with Crippen molar-refractivity contribution in [3.8, 4) is 0 Å². The number of nitrogens with two attached hydrogens (primary N) is 1. The van der Waals surface area contributed by atoms with Crippen molar-refractivity contribution in [1.82, 2.24) is 9.55 Å². The molecule has 3 aromatic rings. The van der Waals surface area contributed by atoms with Crippen LogP contribution in [-0.2, 0) is 49.9 Å². The van der Waals surface area contributed by atoms with Crippen molar-refractivity contribution in [2.24, 2.45) is 5.73 Å². The largest absolute Gasteiger partial charge is 0.490 e. The summed E-state index contributed by atoms with van der Waals surface area (Å²) in [5.41, 5.74) is 3.58. The second-order valence-electron chi connectivity index (χ2n) is 10.4. The molecule has 0 bridgehead atoms. The maximum absolute atomic E-state index is 13.0. The molecule has 0 radical (unpaired) electrons. The lowest BCUT2D eigenvalue weighted by molar-refractivity contribution is -0.0553. The van der Waals surface area contributed by atoms with E-state index in [1.54, 1.807) is 36.4 Å². The van der Waals surface area contributed by atoms with Gasteiger partial charge in [-0.3, -0.25) is 34.1 Å². The number of carbonyl (C=O) groups is 2. The Morgan fingerprint density at radius 3 is 1.81 bits per heavy atom. The third-order valence-electron chi connectivity index (χ3n) is 6.39. The summed E-state index contributed by atoms with van der Waals surface area (Å²) < 4.78 is 82.8. The molecule has 0 saturated carbocycles. The first-order valence-corrected chi connectivity index (χ1v) is 20.8. The Labute approximate surface area is 297 Å². The SMILES string of the molecule is NCCP(=O)(O)OP(=O)(O)OP(=O)(O)OP(=O)(O)OC[C@H]1O[C@@H](n2ccc(=O)[nH]c2=O)C(OC(=O)Nc2ccccc2)[C@H]1OC(=O)Nc1ccccc1. The first-order chi connectivity index (χ1) is 24.8. The van der Waals surface area contributed by atoms with Crippen molar-refractivity contribution in [2.45, 2.75) is 24.5 Å². The van der Waals surface area contributed by atoms with E-state index in [1.165, 1.54) is 24.3 Å². The van der Waals surface area contributed by atoms with Gasteiger partial charge in [0, 0.05) is 30.2 Å². The highest BCUT2D eigenvalue weighted by atomic mass is 31.3. The van der Waals surface area contributed by atoms with E-state index < -0.39 is 98.4 Å². The van der Waals surface area contributed by atoms with Gasteiger partial charge in [-0.15, -0.1) is 0 Å². The third kappa shape index (κ3) is 12.9. The molecule has 4 rings (SSSR count). The Balaban J connectivity index is 1.61. The first kappa shape index (κ1) is 41.9. The van der Waals surface area contributed by atoms with Gasteiger partial charge in [0.2, 0.25) is 0 Å². The Hall–Kier alpha value is -3.82. The number of phosphoric acid groups is 3. The number of anilines is 2. The minimum absolute atomic E-state index is 0.217. The minimum atomic E-state index is -6.15. The number of amides is 2. The quantitative estimate of drug-likeness (QED) is 0.0959. The molecular weight excluding hydrogens is 798 g/mol. The molecule has 1 aromatic heterocycles. The average molecular weight is 829 g/mol. The lowest BCUT2D eigenvalue weighted by Crippen LogP contribution is -2.44. The molecule has 1 fully saturated rings. The first-order valence-electron chi connectivity index (χ1n) is 14.6. The number of hydrogen-bond donors (Lipinski definition) is 8. The van der Waals surface area contributed by atoms with Gasteiger partial charge in [0.15, 0.2) is 18.4 Å². The van der Waals surface area contributed by atoms with E-state index in [2.05, 4.69) is 23.6 Å². The molecule has 24 nitrogen and oxygen atoms in total. The maximum Gasteiger partial charge on any atom is 0.490 e. The number of ether oxygens (including phenoxy) is 3. The molecular formula is C25H31N5O19P4. The second kappa shape index (κ2) is 17.5. The fraction of sp³-hybridized carbons (Fsp3) is 0.280. The van der Waals surface area contributed by atoms with Gasteiger partial charge in [0.1, 0.15) is 6.10 Å². The van der Waals surface area contributed by atoms with Crippen LogP contribution in [0.25, 0.3) is 0 Å². The average Bonchev–Trinajstić information content (AvgIpc) is 3.34. The molecule has 0 spiro atoms. The van der Waals surface area contributed by atoms with Crippen LogP contribution in [0.5, 0.6) is 0 Å². The zero-order chi connectivity index (χ0) is 39.0. The monoisotopic (exact) mass is 829 g/mol. The molecule has 1 aliphatic heterocycles. The summed E-state index contributed by atoms with van der Waals surface area (Å²) in [6.07, 6.45) is -9.62. The van der Waals surface area contributed by atoms with Gasteiger partial charge in [0.25, 0.3) is 5.56 Å². The van der Waals surface area contributed by atoms with Gasteiger partial charge >= 0.3 is 48.9 Å². The van der Waals surface area contributed by atoms with Crippen LogP contribution in [0.15, 0.2) is 82.5 Å². The molecule has 28 heteroatoms. The van der Waals surface area contributed by atoms with Crippen LogP contribution in [0.1, 0.15) is 6.23 Å². The van der Waals surface area contributed by atoms with E-state index in [-0.39, 0.29) is 11.4 Å². The Kier molecular flexibility index (Phi) is 13.9. The molecule has 290 valence electrons. The number of H-pyrrole nitrogens is 1. The number of aromatic amines is 1. The van der Waals surface area contributed by atoms with Crippen molar-refractivity contribution in [1.29, 1.82) is 0 Å². The topological polar surface area (TPSA) is 353 Å². The number of para-hydroxylation sites is 2. The van der Waals surface area contributed by atoms with E-state index in [0.29, 0.717) is 4.57 Å². The molecule has 9 N–H and O–H groups in total. The fourth-order valence-electron chi connectivity index (χ4n) is 4.39. The Bertz CT molecular complexity index is 2070. The van der Waals surface area contributed by atoms with Crippen molar-refractivity contribution in [3.63, 3.8) is 0 Å². The second-order valence-corrected chi connectivity index (χ2v) is 17.2. The summed E-state index contributed by atoms with van der Waals surface area (Å²) in [6, 6.07) is 16.4. The van der Waals surface area contributed by atoms with Crippen LogP contribution in [0.3, 0.4) is 0 Å². The maximum atomic E-state index is 13.0. The van der Waals surface area contributed by atoms with Gasteiger partial charge in [-0.25, -0.2) is 32.4 Å². The van der Waals surface area contributed by atoms with Crippen LogP contribution in [0.2, 0.25) is 0 Å². The molecule has 1 aliphatic rings. The van der Waals surface area contributed by atoms with E-state index in [1.807, 2.05) is 4.98 Å². The molecule has 53 heavy (non-hydrogen) atoms. The van der Waals surface area contributed by atoms with Gasteiger partial charge in [0.05, 0.1) is 12.8 Å². The van der Waals surface area contributed by atoms with Crippen LogP contribution < -0.4 is 27.6 Å². The van der Waals surface area contributed by atoms with Crippen LogP contribution >= 0.6 is 31.1 Å². The Morgan fingerprint density at radius 1 is 0.774 bits per heavy atom. The summed E-state index contributed by atoms with van der Waals surface area (Å²) in [5.74, 6) is 0. The highest BCUT2D eigenvalue weighted by molar-refractivity contribution is 7.70. The van der Waals surface area contributed by atoms with Crippen molar-refractivity contribution in [2.75, 3.05) is 29.9 Å². The summed E-state index contributed by atoms with van der Waals surface area (Å²) >= 11 is 0. The molecule has 0 aliphatic carbocycles. The number of nitrogens with zero attached hydrogens (tertiary/aromatic N) is 1. The number of carbonyl (C=O) groups excluding carboxylic acids is 2. The zero-order valence-electron chi connectivity index (χ0n) is 26.6. The molecule has 8 atom stereocenters. The van der Waals surface area contributed by atoms with Crippen molar-refractivity contribution in [3.05, 3.63) is 93.8 Å². The third-order valence-corrected chi connectivity index (χ3v) is 12.8. The highest BCUT2D eigenvalue weighted by Gasteiger charge is 2.53. The molecule has 1 saturated heterocycles. The van der Waals surface area contributed by atoms with Crippen LogP contribution in [0, 0.1) is 0 Å². The van der Waals surface area contributed by atoms with E-state index in [0.717, 1.165) is 12.3 Å². The predicted octanol–water partition coefficient (Wildman–Crippen LogP) is 2.18. The number of nitrogens with one attached hydrogen (secondary N) is 3. The van der Waals surface area contributed by atoms with Gasteiger partial charge in [-0.2, -0.15) is 8.62 Å². The van der Waals surface area contributed by atoms with Gasteiger partial charge in [-0.1, -0.05) is 36.4 Å². The fourth-order valence-corrected chi connectivity index (χ4v) is 9.72. The molecule has 5 unspecified atom stereocenters. The standard InChI is InChI=1S/C25H31N5O19P4/c26-12-14-50(35,36)47-52(39,40)49-53(41,42)48-51(37,38)43-15-18-20(45-24(33)27-16-7-3-1-4-8-16)21(46-25(34)28-17-9-5-2-6-10-17)22(44-18)30-13-11-19(31)29-23(30)32/h1-11,13,18,20-22H,12,14-15,26H2,(H,27,33)(H,28,34)(H,35,36)(H,37,38)(H,39,40)(H,41,42)(H,29,31,32)/t18-,20+,21?,22-/m1/s1. The molecule has 2 heterocycles. The predicted molar refractivity (Wildman–Crippen MR) is 178 cm³/mol. The van der Waals surface area contributed by atoms with Crippen LogP contribution in [-0.4, -0.2) is 78.9 Å². The van der Waals surface area contributed by atoms with Crippen molar-refractivity contribution >= 4 is 54.6 Å². The number of aromatic nitrogens is 2. The summed E-state index contributed by atoms with van der Waals surface area (Å²) in [4.78, 5) is 91.8. The molecule has 2 amide bonds. The van der Waals surface area contributed by atoms with Crippen molar-refractivity contribution < 1.29 is 79.1 Å². The number of benzene rings is 2. The minimum Gasteiger partial charge on any atom is -0.439 e. The van der Waals surface area contributed by atoms with E-state index >= 15 is 0 Å². The summed E-state index contributed by atoms with van der Waals surface area (Å²) in [7, 11) is -22.9. The number of hydrogen-bond acceptors (Lipinski definition) is 16. The van der Waals surface area contributed by atoms with E-state index in [4.69, 9.17) is 24.5 Å². The van der Waals surface area contributed by atoms with Gasteiger partial charge in [-0.05, 0) is 24.3 Å². The molecule has 2 aromatic carbocycles. The van der Waals surface area contributed by atoms with Gasteiger partial charge < -0.3 is 39.5 Å². The number of rotatable bonds is 16. The number of phosphoric ester groups is 1. The normalized spacial score (nSPS) is 23.0. The zero-order valence-corrected chi connectivity index (χ0v) is 30.2. The smallest absolute Gasteiger partial charge is 0.439 e. The van der Waals surface area contributed by atoms with Crippen LogP contribution in [0.4, 0.5) is 21.0 Å². The lowest BCUT2D eigenvalue weighted by Gasteiger charge is -2.25. The Morgan fingerprint density at radius 2 is 1.28 bits per heavy atom. The summed E-state index contributed by atoms with van der Waals surface area (Å²) in [5, 5.41) is 4.77. The lowest BCUT2D eigenvalue weighted by atomic mass is 10.1.